The predicted molar refractivity (Wildman–Crippen MR) is 471 cm³/mol. The number of ether oxygens (including phenoxy) is 18. The van der Waals surface area contributed by atoms with Gasteiger partial charge in [0.2, 0.25) is 0 Å². The number of esters is 7. The van der Waals surface area contributed by atoms with Crippen LogP contribution in [0.4, 0.5) is 4.79 Å². The number of rotatable bonds is 37. The van der Waals surface area contributed by atoms with Crippen LogP contribution in [-0.4, -0.2) is 172 Å². The quantitative estimate of drug-likeness (QED) is 0.0198. The molecule has 0 bridgehead atoms. The number of carbonyl (C=O) groups is 8. The summed E-state index contributed by atoms with van der Waals surface area (Å²) in [5.74, 6) is -6.03. The molecule has 16 atom stereocenters. The Morgan fingerprint density at radius 1 is 0.300 bits per heavy atom. The Morgan fingerprint density at radius 3 is 1.19 bits per heavy atom. The van der Waals surface area contributed by atoms with Gasteiger partial charge in [0.1, 0.15) is 69.2 Å². The van der Waals surface area contributed by atoms with E-state index in [1.165, 1.54) is 55.1 Å². The van der Waals surface area contributed by atoms with E-state index >= 15 is 9.59 Å². The van der Waals surface area contributed by atoms with Gasteiger partial charge < -0.3 is 85.3 Å². The smallest absolute Gasteiger partial charge is 0.459 e. The van der Waals surface area contributed by atoms with Gasteiger partial charge in [-0.2, -0.15) is 0 Å². The average molecular weight is 1780 g/mol. The van der Waals surface area contributed by atoms with Gasteiger partial charge in [0.15, 0.2) is 49.4 Å². The number of benzene rings is 11. The third-order valence-electron chi connectivity index (χ3n) is 22.0. The zero-order chi connectivity index (χ0) is 90.1. The van der Waals surface area contributed by atoms with E-state index in [1.807, 2.05) is 121 Å². The first-order valence-electron chi connectivity index (χ1n) is 42.6. The van der Waals surface area contributed by atoms with Crippen LogP contribution in [0.5, 0.6) is 0 Å². The van der Waals surface area contributed by atoms with Crippen LogP contribution in [0.2, 0.25) is 0 Å². The third kappa shape index (κ3) is 24.3. The maximum atomic E-state index is 15.4. The van der Waals surface area contributed by atoms with E-state index in [2.05, 4.69) is 0 Å². The fourth-order valence-electron chi connectivity index (χ4n) is 15.8. The third-order valence-corrected chi connectivity index (χ3v) is 23.1. The van der Waals surface area contributed by atoms with Crippen molar-refractivity contribution in [3.63, 3.8) is 0 Å². The van der Waals surface area contributed by atoms with Crippen molar-refractivity contribution >= 4 is 59.7 Å². The first-order chi connectivity index (χ1) is 63.5. The molecule has 0 aromatic heterocycles. The summed E-state index contributed by atoms with van der Waals surface area (Å²) in [6.45, 7) is 0.479. The molecule has 1 aliphatic carbocycles. The van der Waals surface area contributed by atoms with Crippen molar-refractivity contribution in [3.05, 3.63) is 377 Å². The van der Waals surface area contributed by atoms with Crippen LogP contribution in [0.3, 0.4) is 0 Å². The van der Waals surface area contributed by atoms with Gasteiger partial charge in [0.05, 0.1) is 54.8 Å². The molecule has 3 aliphatic heterocycles. The summed E-state index contributed by atoms with van der Waals surface area (Å²) in [7, 11) is 0. The lowest BCUT2D eigenvalue weighted by molar-refractivity contribution is -0.374. The van der Waals surface area contributed by atoms with E-state index in [-0.39, 0.29) is 55.5 Å². The highest BCUT2D eigenvalue weighted by atomic mass is 32.2. The standard InChI is InChI=1S/C103H96O26S/c1-65(104)120-90-87(112-56-68-32-12-4-13-33-68)83(124-100(93(90)121-66(2)105)116-59-71-54-52-70(53-55-71)58-114-96(107)73-38-18-7-19-39-73)62-117-101-94(122-67(3)106)91(88(113-57-69-34-14-5-15-35-69)84(125-101)63-119-103(111)118-60-82-80-50-30-28-48-78(80)79-49-29-31-51-81(79)82)129-102-95(123-86(72-36-16-6-17-37-72)64-130-77-46-26-11-27-47-77)92(128-99(110)76-44-24-10-25-45-76)89(127-98(109)75-42-22-9-23-43-75)85(126-102)61-115-97(108)74-40-20-8-21-41-74/h4-55,82-95,100-102H,56-64H2,1-3H3/t83-,84-,85-,86-,87-,88-,89+,90+,91+,92+,93-,94-,95-,100-,101+,102-/m1/s1. The molecule has 3 heterocycles. The van der Waals surface area contributed by atoms with Crippen molar-refractivity contribution in [2.24, 2.45) is 0 Å². The Hall–Kier alpha value is -13.0. The number of hydrogen-bond donors (Lipinski definition) is 0. The summed E-state index contributed by atoms with van der Waals surface area (Å²) in [4.78, 5) is 115. The second kappa shape index (κ2) is 45.3. The van der Waals surface area contributed by atoms with Gasteiger partial charge in [0, 0.05) is 37.3 Å². The van der Waals surface area contributed by atoms with Crippen LogP contribution in [0.15, 0.2) is 320 Å². The molecular formula is C103H96O26S. The van der Waals surface area contributed by atoms with Gasteiger partial charge in [-0.1, -0.05) is 255 Å². The normalized spacial score (nSPS) is 22.3. The second-order valence-electron chi connectivity index (χ2n) is 31.0. The highest BCUT2D eigenvalue weighted by Crippen LogP contribution is 2.46. The highest BCUT2D eigenvalue weighted by Gasteiger charge is 2.59. The predicted octanol–water partition coefficient (Wildman–Crippen LogP) is 16.3. The molecule has 0 spiro atoms. The van der Waals surface area contributed by atoms with Crippen LogP contribution in [-0.2, 0) is 126 Å². The Morgan fingerprint density at radius 2 is 0.669 bits per heavy atom. The lowest BCUT2D eigenvalue weighted by Crippen LogP contribution is -2.67. The van der Waals surface area contributed by atoms with E-state index in [4.69, 9.17) is 85.3 Å². The van der Waals surface area contributed by atoms with Gasteiger partial charge >= 0.3 is 47.9 Å². The van der Waals surface area contributed by atoms with Crippen molar-refractivity contribution in [1.82, 2.24) is 0 Å². The van der Waals surface area contributed by atoms with Crippen molar-refractivity contribution in [3.8, 4) is 11.1 Å². The molecule has 0 saturated carbocycles. The van der Waals surface area contributed by atoms with Crippen LogP contribution >= 0.6 is 11.8 Å². The topological polar surface area (TPSA) is 303 Å². The van der Waals surface area contributed by atoms with Gasteiger partial charge in [-0.3, -0.25) is 14.4 Å². The number of hydrogen-bond acceptors (Lipinski definition) is 27. The van der Waals surface area contributed by atoms with E-state index in [1.54, 1.807) is 158 Å². The first-order valence-corrected chi connectivity index (χ1v) is 43.6. The molecule has 0 unspecified atom stereocenters. The molecule has 0 radical (unpaired) electrons. The van der Waals surface area contributed by atoms with Gasteiger partial charge in [0.25, 0.3) is 0 Å². The molecule has 11 aromatic carbocycles. The average Bonchev–Trinajstić information content (AvgIpc) is 1.56. The van der Waals surface area contributed by atoms with Crippen molar-refractivity contribution in [1.29, 1.82) is 0 Å². The summed E-state index contributed by atoms with van der Waals surface area (Å²) in [6.07, 6.45) is -27.5. The number of thioether (sulfide) groups is 1. The van der Waals surface area contributed by atoms with Crippen molar-refractivity contribution in [2.75, 3.05) is 32.2 Å². The largest absolute Gasteiger partial charge is 0.508 e. The summed E-state index contributed by atoms with van der Waals surface area (Å²) >= 11 is 1.43. The molecule has 0 amide bonds. The first kappa shape index (κ1) is 91.7. The fraction of sp³-hybridized carbons (Fsp3) is 0.282. The molecule has 3 saturated heterocycles. The highest BCUT2D eigenvalue weighted by molar-refractivity contribution is 7.99. The number of carbonyl (C=O) groups excluding carboxylic acids is 8. The van der Waals surface area contributed by atoms with E-state index in [9.17, 15) is 28.8 Å². The zero-order valence-electron chi connectivity index (χ0n) is 71.2. The van der Waals surface area contributed by atoms with Gasteiger partial charge in [-0.25, -0.2) is 24.0 Å². The Bertz CT molecular complexity index is 5490. The monoisotopic (exact) mass is 1780 g/mol. The molecule has 670 valence electrons. The van der Waals surface area contributed by atoms with E-state index in [0.717, 1.165) is 41.0 Å². The molecule has 11 aromatic rings. The van der Waals surface area contributed by atoms with E-state index < -0.39 is 172 Å². The lowest BCUT2D eigenvalue weighted by atomic mass is 9.95. The minimum atomic E-state index is -1.98. The fourth-order valence-corrected chi connectivity index (χ4v) is 16.8. The molecular weight excluding hydrogens is 1690 g/mol. The molecule has 3 fully saturated rings. The Balaban J connectivity index is 0.849. The van der Waals surface area contributed by atoms with Crippen molar-refractivity contribution in [2.45, 2.75) is 156 Å². The van der Waals surface area contributed by atoms with Crippen molar-refractivity contribution < 1.29 is 124 Å². The van der Waals surface area contributed by atoms with Gasteiger partial charge in [-0.15, -0.1) is 11.8 Å². The minimum Gasteiger partial charge on any atom is -0.459 e. The van der Waals surface area contributed by atoms with Crippen LogP contribution in [0.1, 0.15) is 113 Å². The molecule has 15 rings (SSSR count). The van der Waals surface area contributed by atoms with Gasteiger partial charge in [-0.05, 0) is 111 Å². The van der Waals surface area contributed by atoms with Crippen LogP contribution in [0.25, 0.3) is 11.1 Å². The minimum absolute atomic E-state index is 0.0538. The summed E-state index contributed by atoms with van der Waals surface area (Å²) in [5.41, 5.74) is 7.51. The van der Waals surface area contributed by atoms with Crippen LogP contribution in [0, 0.1) is 0 Å². The maximum absolute atomic E-state index is 15.4. The Labute approximate surface area is 755 Å². The summed E-state index contributed by atoms with van der Waals surface area (Å²) in [6, 6.07) is 91.9. The molecule has 26 nitrogen and oxygen atoms in total. The SMILES string of the molecule is CC(=O)O[C@@H]1[C@@H](OC(C)=O)[C@H](OCc2ccc(COC(=O)c3ccccc3)cc2)O[C@H](CO[C@H]2O[C@H](COC(=O)OCC3c4ccccc4-c4ccccc43)[C@@H](OCc3ccccc3)[C@H](O[C@H]3O[C@H](COC(=O)c4ccccc4)[C@H](OC(=O)c4ccccc4)[C@H](OC(=O)c4ccccc4)[C@H]3O[C@H](CSc3ccccc3)c3ccccc3)[C@H]2OC(C)=O)[C@H]1OCc1ccccc1. The van der Waals surface area contributed by atoms with Crippen LogP contribution < -0.4 is 0 Å². The second-order valence-corrected chi connectivity index (χ2v) is 32.1. The molecule has 0 N–H and O–H groups in total. The molecule has 4 aliphatic rings. The maximum Gasteiger partial charge on any atom is 0.508 e. The Kier molecular flexibility index (Phi) is 32.0. The lowest BCUT2D eigenvalue weighted by Gasteiger charge is -2.50. The number of fused-ring (bicyclic) bond motifs is 3. The van der Waals surface area contributed by atoms with E-state index in [0.29, 0.717) is 33.4 Å². The summed E-state index contributed by atoms with van der Waals surface area (Å²) in [5, 5.41) is 0. The summed E-state index contributed by atoms with van der Waals surface area (Å²) < 4.78 is 121. The zero-order valence-corrected chi connectivity index (χ0v) is 72.0. The molecule has 130 heavy (non-hydrogen) atoms. The molecule has 27 heteroatoms.